The van der Waals surface area contributed by atoms with Crippen LogP contribution in [0.2, 0.25) is 0 Å². The van der Waals surface area contributed by atoms with Gasteiger partial charge in [0.05, 0.1) is 0 Å². The van der Waals surface area contributed by atoms with Crippen molar-refractivity contribution in [2.24, 2.45) is 5.92 Å². The summed E-state index contributed by atoms with van der Waals surface area (Å²) >= 11 is 0. The second kappa shape index (κ2) is 6.54. The summed E-state index contributed by atoms with van der Waals surface area (Å²) in [6, 6.07) is 3.72. The molecule has 0 unspecified atom stereocenters. The molecule has 3 rings (SSSR count). The van der Waals surface area contributed by atoms with E-state index in [0.29, 0.717) is 5.92 Å². The monoisotopic (exact) mass is 262 g/mol. The molecule has 0 aromatic heterocycles. The average molecular weight is 262 g/mol. The molecule has 0 aliphatic heterocycles. The maximum absolute atomic E-state index is 14.0. The minimum Gasteiger partial charge on any atom is -0.207 e. The number of halogens is 1. The Kier molecular flexibility index (Phi) is 5.01. The van der Waals surface area contributed by atoms with Crippen LogP contribution in [-0.4, -0.2) is 0 Å². The van der Waals surface area contributed by atoms with Gasteiger partial charge in [-0.2, -0.15) is 0 Å². The molecule has 0 bridgehead atoms. The quantitative estimate of drug-likeness (QED) is 0.662. The maximum atomic E-state index is 14.0. The summed E-state index contributed by atoms with van der Waals surface area (Å²) in [4.78, 5) is 0. The molecule has 1 aromatic rings. The first-order valence-corrected chi connectivity index (χ1v) is 8.06. The van der Waals surface area contributed by atoms with E-state index in [1.54, 1.807) is 6.07 Å². The van der Waals surface area contributed by atoms with Crippen molar-refractivity contribution in [2.75, 3.05) is 0 Å². The molecule has 0 radical (unpaired) electrons. The largest absolute Gasteiger partial charge is 0.207 e. The van der Waals surface area contributed by atoms with E-state index in [9.17, 15) is 4.39 Å². The lowest BCUT2D eigenvalue weighted by Crippen LogP contribution is -2.11. The van der Waals surface area contributed by atoms with Crippen LogP contribution in [-0.2, 0) is 12.8 Å². The number of benzene rings is 1. The van der Waals surface area contributed by atoms with Crippen molar-refractivity contribution in [3.8, 4) is 0 Å². The molecule has 19 heavy (non-hydrogen) atoms. The summed E-state index contributed by atoms with van der Waals surface area (Å²) in [6.45, 7) is 6.28. The van der Waals surface area contributed by atoms with Crippen molar-refractivity contribution >= 4 is 0 Å². The highest BCUT2D eigenvalue weighted by Crippen LogP contribution is 2.37. The molecular formula is C18H27F. The van der Waals surface area contributed by atoms with Crippen LogP contribution >= 0.6 is 0 Å². The molecular weight excluding hydrogens is 235 g/mol. The second-order valence-electron chi connectivity index (χ2n) is 5.87. The molecule has 1 atom stereocenters. The molecule has 1 heteroatoms. The fourth-order valence-corrected chi connectivity index (χ4v) is 3.21. The van der Waals surface area contributed by atoms with E-state index in [1.165, 1.54) is 43.2 Å². The summed E-state index contributed by atoms with van der Waals surface area (Å²) in [6.07, 6.45) is 8.49. The first-order chi connectivity index (χ1) is 9.25. The third-order valence-corrected chi connectivity index (χ3v) is 4.50. The molecule has 0 spiro atoms. The predicted molar refractivity (Wildman–Crippen MR) is 80.1 cm³/mol. The Balaban J connectivity index is 0.000000637. The second-order valence-corrected chi connectivity index (χ2v) is 5.87. The average Bonchev–Trinajstić information content (AvgIpc) is 3.24. The lowest BCUT2D eigenvalue weighted by Gasteiger charge is -2.25. The predicted octanol–water partition coefficient (Wildman–Crippen LogP) is 5.63. The van der Waals surface area contributed by atoms with Crippen LogP contribution in [0.15, 0.2) is 12.1 Å². The van der Waals surface area contributed by atoms with Crippen LogP contribution in [0, 0.1) is 11.7 Å². The Morgan fingerprint density at radius 2 is 1.89 bits per heavy atom. The van der Waals surface area contributed by atoms with Crippen molar-refractivity contribution in [3.05, 3.63) is 34.6 Å². The van der Waals surface area contributed by atoms with Gasteiger partial charge in [0.15, 0.2) is 0 Å². The molecule has 0 amide bonds. The third kappa shape index (κ3) is 3.38. The zero-order valence-corrected chi connectivity index (χ0v) is 12.6. The van der Waals surface area contributed by atoms with Crippen LogP contribution in [0.25, 0.3) is 0 Å². The smallest absolute Gasteiger partial charge is 0.126 e. The molecule has 0 saturated heterocycles. The fourth-order valence-electron chi connectivity index (χ4n) is 3.21. The zero-order chi connectivity index (χ0) is 13.8. The molecule has 2 aliphatic carbocycles. The Bertz CT molecular complexity index is 418. The van der Waals surface area contributed by atoms with Gasteiger partial charge in [-0.05, 0) is 66.7 Å². The summed E-state index contributed by atoms with van der Waals surface area (Å²) in [7, 11) is 0. The highest BCUT2D eigenvalue weighted by molar-refractivity contribution is 5.40. The van der Waals surface area contributed by atoms with E-state index in [4.69, 9.17) is 0 Å². The first kappa shape index (κ1) is 14.6. The van der Waals surface area contributed by atoms with Crippen LogP contribution in [0.5, 0.6) is 0 Å². The van der Waals surface area contributed by atoms with Gasteiger partial charge in [-0.1, -0.05) is 39.7 Å². The van der Waals surface area contributed by atoms with Gasteiger partial charge in [-0.25, -0.2) is 4.39 Å². The van der Waals surface area contributed by atoms with Gasteiger partial charge in [0.2, 0.25) is 0 Å². The minimum atomic E-state index is 0.0403. The first-order valence-electron chi connectivity index (χ1n) is 8.06. The summed E-state index contributed by atoms with van der Waals surface area (Å²) in [5.41, 5.74) is 3.81. The van der Waals surface area contributed by atoms with E-state index < -0.39 is 0 Å². The van der Waals surface area contributed by atoms with Gasteiger partial charge in [0.25, 0.3) is 0 Å². The third-order valence-electron chi connectivity index (χ3n) is 4.50. The van der Waals surface area contributed by atoms with E-state index in [1.807, 2.05) is 19.9 Å². The number of hydrogen-bond acceptors (Lipinski definition) is 0. The van der Waals surface area contributed by atoms with Crippen LogP contribution in [0.4, 0.5) is 4.39 Å². The minimum absolute atomic E-state index is 0.0403. The van der Waals surface area contributed by atoms with E-state index in [-0.39, 0.29) is 5.82 Å². The molecule has 0 N–H and O–H groups in total. The van der Waals surface area contributed by atoms with E-state index in [2.05, 4.69) is 6.92 Å². The molecule has 1 saturated carbocycles. The van der Waals surface area contributed by atoms with Crippen molar-refractivity contribution < 1.29 is 4.39 Å². The van der Waals surface area contributed by atoms with Crippen LogP contribution in [0.3, 0.4) is 0 Å². The summed E-state index contributed by atoms with van der Waals surface area (Å²) in [5, 5.41) is 0. The van der Waals surface area contributed by atoms with Gasteiger partial charge in [-0.15, -0.1) is 0 Å². The van der Waals surface area contributed by atoms with Crippen molar-refractivity contribution in [1.29, 1.82) is 0 Å². The molecule has 1 fully saturated rings. The molecule has 1 aromatic carbocycles. The number of rotatable bonds is 3. The maximum Gasteiger partial charge on any atom is 0.126 e. The normalized spacial score (nSPS) is 21.4. The molecule has 0 heterocycles. The van der Waals surface area contributed by atoms with Gasteiger partial charge in [0, 0.05) is 0 Å². The number of hydrogen-bond donors (Lipinski definition) is 0. The fraction of sp³-hybridized carbons (Fsp3) is 0.667. The lowest BCUT2D eigenvalue weighted by molar-refractivity contribution is 0.555. The number of fused-ring (bicyclic) bond motifs is 1. The molecule has 106 valence electrons. The van der Waals surface area contributed by atoms with Crippen LogP contribution in [0.1, 0.15) is 75.5 Å². The van der Waals surface area contributed by atoms with Crippen molar-refractivity contribution in [3.63, 3.8) is 0 Å². The zero-order valence-electron chi connectivity index (χ0n) is 12.6. The summed E-state index contributed by atoms with van der Waals surface area (Å²) in [5.74, 6) is 1.56. The molecule has 0 nitrogen and oxygen atoms in total. The van der Waals surface area contributed by atoms with Gasteiger partial charge >= 0.3 is 0 Å². The topological polar surface area (TPSA) is 0 Å². The van der Waals surface area contributed by atoms with E-state index in [0.717, 1.165) is 24.3 Å². The Hall–Kier alpha value is -0.850. The van der Waals surface area contributed by atoms with Crippen molar-refractivity contribution in [1.82, 2.24) is 0 Å². The van der Waals surface area contributed by atoms with Gasteiger partial charge in [0.1, 0.15) is 5.82 Å². The highest BCUT2D eigenvalue weighted by Gasteiger charge is 2.24. The Labute approximate surface area is 117 Å². The SMILES string of the molecule is CC.C[C@@H]1CCCc2c1ccc(F)c2CCC1CC1. The van der Waals surface area contributed by atoms with E-state index >= 15 is 0 Å². The highest BCUT2D eigenvalue weighted by atomic mass is 19.1. The Morgan fingerprint density at radius 1 is 1.16 bits per heavy atom. The standard InChI is InChI=1S/C16H21F.C2H6/c1-11-3-2-4-14-13(11)9-10-16(17)15(14)8-7-12-5-6-12;1-2/h9-12H,2-8H2,1H3;1-2H3/t11-;/m1./s1. The summed E-state index contributed by atoms with van der Waals surface area (Å²) < 4.78 is 14.0. The van der Waals surface area contributed by atoms with Gasteiger partial charge < -0.3 is 0 Å². The van der Waals surface area contributed by atoms with Crippen LogP contribution < -0.4 is 0 Å². The van der Waals surface area contributed by atoms with Gasteiger partial charge in [-0.3, -0.25) is 0 Å². The molecule has 2 aliphatic rings. The van der Waals surface area contributed by atoms with Crippen molar-refractivity contribution in [2.45, 2.75) is 71.6 Å². The lowest BCUT2D eigenvalue weighted by atomic mass is 9.80. The Morgan fingerprint density at radius 3 is 2.58 bits per heavy atom.